The number of aliphatic imine (C=N–C) groups is 1. The second kappa shape index (κ2) is 7.94. The third-order valence-electron chi connectivity index (χ3n) is 3.87. The molecule has 0 heterocycles. The fourth-order valence-electron chi connectivity index (χ4n) is 2.34. The monoisotopic (exact) mass is 399 g/mol. The van der Waals surface area contributed by atoms with Crippen LogP contribution in [0.4, 0.5) is 5.69 Å². The molecule has 0 N–H and O–H groups in total. The summed E-state index contributed by atoms with van der Waals surface area (Å²) in [5.74, 6) is 0.163. The summed E-state index contributed by atoms with van der Waals surface area (Å²) in [5.41, 5.74) is 3.31. The van der Waals surface area contributed by atoms with Gasteiger partial charge in [-0.25, -0.2) is 0 Å². The fraction of sp³-hybridized carbons (Fsp3) is 0.0952. The smallest absolute Gasteiger partial charge is 0.339 e. The van der Waals surface area contributed by atoms with Crippen LogP contribution in [0.3, 0.4) is 0 Å². The first-order valence-electron chi connectivity index (χ1n) is 8.25. The van der Waals surface area contributed by atoms with E-state index in [0.29, 0.717) is 10.6 Å². The van der Waals surface area contributed by atoms with Gasteiger partial charge < -0.3 is 4.18 Å². The quantitative estimate of drug-likeness (QED) is 0.422. The molecular weight excluding hydrogens is 382 g/mol. The predicted molar refractivity (Wildman–Crippen MR) is 109 cm³/mol. The van der Waals surface area contributed by atoms with Crippen molar-refractivity contribution in [1.82, 2.24) is 0 Å². The number of hydrogen-bond acceptors (Lipinski definition) is 4. The van der Waals surface area contributed by atoms with Gasteiger partial charge in [-0.05, 0) is 56.3 Å². The lowest BCUT2D eigenvalue weighted by Crippen LogP contribution is -2.11. The van der Waals surface area contributed by atoms with Gasteiger partial charge in [0.2, 0.25) is 0 Å². The second-order valence-corrected chi connectivity index (χ2v) is 8.11. The van der Waals surface area contributed by atoms with Crippen molar-refractivity contribution >= 4 is 33.6 Å². The highest BCUT2D eigenvalue weighted by Crippen LogP contribution is 2.26. The molecule has 6 heteroatoms. The molecule has 0 aliphatic heterocycles. The minimum absolute atomic E-state index is 0.0875. The molecule has 0 radical (unpaired) electrons. The Morgan fingerprint density at radius 3 is 2.11 bits per heavy atom. The summed E-state index contributed by atoms with van der Waals surface area (Å²) in [6, 6.07) is 18.8. The van der Waals surface area contributed by atoms with Crippen molar-refractivity contribution in [3.63, 3.8) is 0 Å². The van der Waals surface area contributed by atoms with Gasteiger partial charge in [-0.3, -0.25) is 4.99 Å². The van der Waals surface area contributed by atoms with Crippen molar-refractivity contribution < 1.29 is 12.6 Å². The Kier molecular flexibility index (Phi) is 5.63. The van der Waals surface area contributed by atoms with Crippen LogP contribution < -0.4 is 4.18 Å². The van der Waals surface area contributed by atoms with Crippen LogP contribution in [0.15, 0.2) is 76.6 Å². The van der Waals surface area contributed by atoms with Crippen LogP contribution in [-0.2, 0) is 10.1 Å². The van der Waals surface area contributed by atoms with Crippen molar-refractivity contribution in [3.05, 3.63) is 88.4 Å². The topological polar surface area (TPSA) is 55.7 Å². The second-order valence-electron chi connectivity index (χ2n) is 6.13. The van der Waals surface area contributed by atoms with Crippen LogP contribution >= 0.6 is 11.6 Å². The lowest BCUT2D eigenvalue weighted by Gasteiger charge is -2.10. The minimum Gasteiger partial charge on any atom is -0.378 e. The summed E-state index contributed by atoms with van der Waals surface area (Å²) < 4.78 is 30.5. The number of benzene rings is 3. The Bertz CT molecular complexity index is 1070. The maximum Gasteiger partial charge on any atom is 0.339 e. The average Bonchev–Trinajstić information content (AvgIpc) is 2.63. The van der Waals surface area contributed by atoms with Crippen LogP contribution in [0.1, 0.15) is 16.7 Å². The first kappa shape index (κ1) is 19.1. The Morgan fingerprint density at radius 2 is 1.48 bits per heavy atom. The molecule has 0 atom stereocenters. The maximum atomic E-state index is 12.6. The molecule has 4 nitrogen and oxygen atoms in total. The molecule has 0 aliphatic carbocycles. The maximum absolute atomic E-state index is 12.6. The normalized spacial score (nSPS) is 11.7. The predicted octanol–water partition coefficient (Wildman–Crippen LogP) is 5.48. The SMILES string of the molecule is Cc1ccc(N=Cc2cc(Cl)ccc2OS(=O)(=O)c2ccc(C)cc2)cc1. The van der Waals surface area contributed by atoms with Crippen molar-refractivity contribution in [3.8, 4) is 5.75 Å². The number of nitrogens with zero attached hydrogens (tertiary/aromatic N) is 1. The van der Waals surface area contributed by atoms with E-state index in [1.54, 1.807) is 24.3 Å². The lowest BCUT2D eigenvalue weighted by atomic mass is 10.2. The summed E-state index contributed by atoms with van der Waals surface area (Å²) in [6.45, 7) is 3.88. The highest BCUT2D eigenvalue weighted by molar-refractivity contribution is 7.87. The molecule has 0 aliphatic rings. The van der Waals surface area contributed by atoms with Crippen molar-refractivity contribution in [1.29, 1.82) is 0 Å². The molecule has 0 saturated carbocycles. The molecule has 0 amide bonds. The zero-order valence-electron chi connectivity index (χ0n) is 14.9. The van der Waals surface area contributed by atoms with Gasteiger partial charge in [0.15, 0.2) is 5.75 Å². The van der Waals surface area contributed by atoms with Gasteiger partial charge in [-0.15, -0.1) is 0 Å². The third-order valence-corrected chi connectivity index (χ3v) is 5.35. The zero-order valence-corrected chi connectivity index (χ0v) is 16.5. The molecular formula is C21H18ClNO3S. The summed E-state index contributed by atoms with van der Waals surface area (Å²) in [5, 5.41) is 0.459. The van der Waals surface area contributed by atoms with E-state index in [1.165, 1.54) is 24.4 Å². The van der Waals surface area contributed by atoms with Gasteiger partial charge in [-0.2, -0.15) is 8.42 Å². The molecule has 0 aromatic heterocycles. The van der Waals surface area contributed by atoms with Gasteiger partial charge in [0.1, 0.15) is 4.90 Å². The van der Waals surface area contributed by atoms with Crippen LogP contribution in [0.25, 0.3) is 0 Å². The molecule has 0 saturated heterocycles. The van der Waals surface area contributed by atoms with E-state index in [-0.39, 0.29) is 10.6 Å². The number of halogens is 1. The first-order chi connectivity index (χ1) is 12.8. The summed E-state index contributed by atoms with van der Waals surface area (Å²) >= 11 is 6.06. The van der Waals surface area contributed by atoms with Crippen molar-refractivity contribution in [2.45, 2.75) is 18.7 Å². The number of aryl methyl sites for hydroxylation is 2. The van der Waals surface area contributed by atoms with E-state index in [4.69, 9.17) is 15.8 Å². The first-order valence-corrected chi connectivity index (χ1v) is 10.0. The van der Waals surface area contributed by atoms with Crippen LogP contribution in [-0.4, -0.2) is 14.6 Å². The molecule has 0 spiro atoms. The third kappa shape index (κ3) is 4.96. The lowest BCUT2D eigenvalue weighted by molar-refractivity contribution is 0.485. The molecule has 0 bridgehead atoms. The van der Waals surface area contributed by atoms with Crippen LogP contribution in [0, 0.1) is 13.8 Å². The molecule has 0 unspecified atom stereocenters. The minimum atomic E-state index is -3.96. The van der Waals surface area contributed by atoms with E-state index in [2.05, 4.69) is 4.99 Å². The van der Waals surface area contributed by atoms with E-state index < -0.39 is 10.1 Å². The highest BCUT2D eigenvalue weighted by Gasteiger charge is 2.18. The molecule has 3 aromatic rings. The standard InChI is InChI=1S/C21H18ClNO3S/c1-15-3-8-19(9-4-15)23-14-17-13-18(22)7-12-21(17)26-27(24,25)20-10-5-16(2)6-11-20/h3-14H,1-2H3. The fourth-order valence-corrected chi connectivity index (χ4v) is 3.48. The number of hydrogen-bond donors (Lipinski definition) is 0. The van der Waals surface area contributed by atoms with E-state index in [0.717, 1.165) is 16.8 Å². The molecule has 3 aromatic carbocycles. The van der Waals surface area contributed by atoms with Crippen LogP contribution in [0.5, 0.6) is 5.75 Å². The summed E-state index contributed by atoms with van der Waals surface area (Å²) in [6.07, 6.45) is 1.54. The largest absolute Gasteiger partial charge is 0.378 e. The van der Waals surface area contributed by atoms with E-state index >= 15 is 0 Å². The molecule has 27 heavy (non-hydrogen) atoms. The van der Waals surface area contributed by atoms with Gasteiger partial charge in [0.25, 0.3) is 0 Å². The van der Waals surface area contributed by atoms with Gasteiger partial charge >= 0.3 is 10.1 Å². The Labute approximate surface area is 164 Å². The summed E-state index contributed by atoms with van der Waals surface area (Å²) in [7, 11) is -3.96. The van der Waals surface area contributed by atoms with Crippen molar-refractivity contribution in [2.24, 2.45) is 4.99 Å². The molecule has 3 rings (SSSR count). The van der Waals surface area contributed by atoms with Crippen molar-refractivity contribution in [2.75, 3.05) is 0 Å². The summed E-state index contributed by atoms with van der Waals surface area (Å²) in [4.78, 5) is 4.46. The Morgan fingerprint density at radius 1 is 0.889 bits per heavy atom. The Hall–Kier alpha value is -2.63. The zero-order chi connectivity index (χ0) is 19.4. The van der Waals surface area contributed by atoms with Gasteiger partial charge in [0.05, 0.1) is 5.69 Å². The van der Waals surface area contributed by atoms with E-state index in [9.17, 15) is 8.42 Å². The number of rotatable bonds is 5. The van der Waals surface area contributed by atoms with Crippen LogP contribution in [0.2, 0.25) is 5.02 Å². The molecule has 0 fully saturated rings. The Balaban J connectivity index is 1.92. The highest BCUT2D eigenvalue weighted by atomic mass is 35.5. The average molecular weight is 400 g/mol. The van der Waals surface area contributed by atoms with Gasteiger partial charge in [0, 0.05) is 16.8 Å². The molecule has 138 valence electrons. The van der Waals surface area contributed by atoms with Gasteiger partial charge in [-0.1, -0.05) is 47.0 Å². The van der Waals surface area contributed by atoms with E-state index in [1.807, 2.05) is 38.1 Å².